The third-order valence-electron chi connectivity index (χ3n) is 9.47. The molecule has 0 radical (unpaired) electrons. The Bertz CT molecular complexity index is 1160. The first kappa shape index (κ1) is 32.6. The molecule has 2 saturated carbocycles. The van der Waals surface area contributed by atoms with E-state index in [1.54, 1.807) is 30.6 Å². The quantitative estimate of drug-likeness (QED) is 0.146. The molecule has 6 nitrogen and oxygen atoms in total. The standard InChI is InChI=1S/C35H50NO5P/c1-24(2)29-17-14-26(5)32(21-29)40-42(38,41-33-22-30(25(3)4)18-15-27(33)6)35(31-13-10-20-36-23-31)39-34(37)19-16-28-11-8-7-9-12-28/h7-13,16,19-20,23-27,29-30,32-33,35H,14-15,17-18,21-22H2,1-6H3/b19-16+/t26-,27-,29+,30+,32+,33+,35+/m0/s1. The van der Waals surface area contributed by atoms with Crippen molar-refractivity contribution < 1.29 is 23.1 Å². The Morgan fingerprint density at radius 2 is 1.43 bits per heavy atom. The molecule has 2 aliphatic rings. The van der Waals surface area contributed by atoms with E-state index in [0.29, 0.717) is 29.2 Å². The number of carbonyl (C=O) groups excluding carboxylic acids is 1. The second-order valence-electron chi connectivity index (χ2n) is 13.2. The van der Waals surface area contributed by atoms with Gasteiger partial charge in [0.15, 0.2) is 0 Å². The van der Waals surface area contributed by atoms with Gasteiger partial charge in [0.1, 0.15) is 0 Å². The summed E-state index contributed by atoms with van der Waals surface area (Å²) in [4.78, 5) is 17.6. The zero-order chi connectivity index (χ0) is 30.3. The maximum atomic E-state index is 15.3. The number of rotatable bonds is 11. The van der Waals surface area contributed by atoms with Crippen molar-refractivity contribution in [2.24, 2.45) is 35.5 Å². The van der Waals surface area contributed by atoms with E-state index < -0.39 is 19.4 Å². The fourth-order valence-corrected chi connectivity index (χ4v) is 8.72. The highest BCUT2D eigenvalue weighted by atomic mass is 31.2. The Labute approximate surface area is 253 Å². The van der Waals surface area contributed by atoms with Crippen LogP contribution in [0.2, 0.25) is 0 Å². The fourth-order valence-electron chi connectivity index (χ4n) is 6.36. The number of nitrogens with zero attached hydrogens (tertiary/aromatic N) is 1. The molecule has 0 saturated heterocycles. The molecule has 0 aliphatic heterocycles. The summed E-state index contributed by atoms with van der Waals surface area (Å²) in [7, 11) is -4.04. The van der Waals surface area contributed by atoms with Crippen molar-refractivity contribution >= 4 is 19.6 Å². The molecule has 0 unspecified atom stereocenters. The Balaban J connectivity index is 1.69. The molecule has 230 valence electrons. The Kier molecular flexibility index (Phi) is 11.6. The van der Waals surface area contributed by atoms with Crippen LogP contribution in [-0.4, -0.2) is 23.2 Å². The summed E-state index contributed by atoms with van der Waals surface area (Å²) in [6, 6.07) is 13.1. The predicted octanol–water partition coefficient (Wildman–Crippen LogP) is 9.48. The van der Waals surface area contributed by atoms with E-state index in [1.807, 2.05) is 30.3 Å². The van der Waals surface area contributed by atoms with Gasteiger partial charge >= 0.3 is 13.6 Å². The van der Waals surface area contributed by atoms with Crippen LogP contribution in [0, 0.1) is 35.5 Å². The molecule has 2 aliphatic carbocycles. The molecule has 7 heteroatoms. The van der Waals surface area contributed by atoms with Crippen LogP contribution in [0.4, 0.5) is 0 Å². The Morgan fingerprint density at radius 3 is 1.93 bits per heavy atom. The zero-order valence-electron chi connectivity index (χ0n) is 26.2. The SMILES string of the molecule is CC(C)[C@@H]1CC[C@H](C)[C@H](OP(=O)(O[C@@H]2C[C@H](C(C)C)CC[C@@H]2C)[C@@H](OC(=O)/C=C/c2ccccc2)c2cccnc2)C1. The lowest BCUT2D eigenvalue weighted by Crippen LogP contribution is -2.35. The van der Waals surface area contributed by atoms with Gasteiger partial charge in [-0.25, -0.2) is 4.79 Å². The Hall–Kier alpha value is -2.27. The first-order chi connectivity index (χ1) is 20.1. The minimum Gasteiger partial charge on any atom is -0.441 e. The van der Waals surface area contributed by atoms with E-state index in [4.69, 9.17) is 13.8 Å². The topological polar surface area (TPSA) is 74.7 Å². The monoisotopic (exact) mass is 595 g/mol. The lowest BCUT2D eigenvalue weighted by Gasteiger charge is -2.42. The van der Waals surface area contributed by atoms with Gasteiger partial charge in [0.05, 0.1) is 12.2 Å². The molecule has 4 rings (SSSR count). The van der Waals surface area contributed by atoms with Gasteiger partial charge < -0.3 is 13.8 Å². The molecule has 0 bridgehead atoms. The van der Waals surface area contributed by atoms with Crippen LogP contribution in [0.25, 0.3) is 6.08 Å². The van der Waals surface area contributed by atoms with Crippen molar-refractivity contribution in [3.8, 4) is 0 Å². The van der Waals surface area contributed by atoms with E-state index >= 15 is 4.57 Å². The molecule has 2 fully saturated rings. The minimum atomic E-state index is -4.04. The van der Waals surface area contributed by atoms with Gasteiger partial charge in [-0.15, -0.1) is 0 Å². The third-order valence-corrected chi connectivity index (χ3v) is 11.6. The third kappa shape index (κ3) is 8.65. The molecule has 7 atom stereocenters. The highest BCUT2D eigenvalue weighted by Gasteiger charge is 2.48. The number of ether oxygens (including phenoxy) is 1. The van der Waals surface area contributed by atoms with E-state index in [9.17, 15) is 4.79 Å². The molecular weight excluding hydrogens is 545 g/mol. The first-order valence-electron chi connectivity index (χ1n) is 15.9. The summed E-state index contributed by atoms with van der Waals surface area (Å²) in [5.41, 5.74) is 1.38. The molecular formula is C35H50NO5P. The lowest BCUT2D eigenvalue weighted by atomic mass is 9.76. The van der Waals surface area contributed by atoms with Crippen LogP contribution in [0.5, 0.6) is 0 Å². The second-order valence-corrected chi connectivity index (χ2v) is 15.2. The summed E-state index contributed by atoms with van der Waals surface area (Å²) >= 11 is 0. The molecule has 0 amide bonds. The van der Waals surface area contributed by atoms with Crippen molar-refractivity contribution in [1.82, 2.24) is 4.98 Å². The van der Waals surface area contributed by atoms with Gasteiger partial charge in [-0.1, -0.05) is 77.9 Å². The number of hydrogen-bond acceptors (Lipinski definition) is 6. The average Bonchev–Trinajstić information content (AvgIpc) is 2.98. The normalized spacial score (nSPS) is 27.8. The number of aromatic nitrogens is 1. The molecule has 2 aromatic rings. The van der Waals surface area contributed by atoms with Crippen molar-refractivity contribution in [2.75, 3.05) is 0 Å². The Morgan fingerprint density at radius 1 is 0.857 bits per heavy atom. The summed E-state index contributed by atoms with van der Waals surface area (Å²) in [5, 5.41) is 0. The van der Waals surface area contributed by atoms with Gasteiger partial charge in [0.25, 0.3) is 0 Å². The summed E-state index contributed by atoms with van der Waals surface area (Å²) in [5.74, 6) is 0.567. The molecule has 42 heavy (non-hydrogen) atoms. The minimum absolute atomic E-state index is 0.215. The van der Waals surface area contributed by atoms with Gasteiger partial charge in [0.2, 0.25) is 5.85 Å². The molecule has 0 spiro atoms. The van der Waals surface area contributed by atoms with Crippen LogP contribution >= 0.6 is 7.60 Å². The van der Waals surface area contributed by atoms with Crippen LogP contribution in [0.1, 0.15) is 97.0 Å². The fraction of sp³-hybridized carbons (Fsp3) is 0.600. The largest absolute Gasteiger partial charge is 0.441 e. The zero-order valence-corrected chi connectivity index (χ0v) is 27.1. The predicted molar refractivity (Wildman–Crippen MR) is 169 cm³/mol. The number of hydrogen-bond donors (Lipinski definition) is 0. The van der Waals surface area contributed by atoms with Crippen molar-refractivity contribution in [1.29, 1.82) is 0 Å². The van der Waals surface area contributed by atoms with Gasteiger partial charge in [-0.3, -0.25) is 9.55 Å². The van der Waals surface area contributed by atoms with E-state index in [2.05, 4.69) is 46.5 Å². The first-order valence-corrected chi connectivity index (χ1v) is 17.5. The van der Waals surface area contributed by atoms with E-state index in [-0.39, 0.29) is 24.0 Å². The van der Waals surface area contributed by atoms with E-state index in [1.165, 1.54) is 6.08 Å². The van der Waals surface area contributed by atoms with Gasteiger partial charge in [0, 0.05) is 24.0 Å². The van der Waals surface area contributed by atoms with Crippen LogP contribution in [-0.2, 0) is 23.1 Å². The van der Waals surface area contributed by atoms with Crippen molar-refractivity contribution in [2.45, 2.75) is 98.1 Å². The van der Waals surface area contributed by atoms with Gasteiger partial charge in [-0.05, 0) is 91.7 Å². The summed E-state index contributed by atoms with van der Waals surface area (Å²) in [6.45, 7) is 13.3. The number of carbonyl (C=O) groups is 1. The summed E-state index contributed by atoms with van der Waals surface area (Å²) in [6.07, 6.45) is 11.7. The molecule has 1 heterocycles. The van der Waals surface area contributed by atoms with E-state index in [0.717, 1.165) is 44.1 Å². The summed E-state index contributed by atoms with van der Waals surface area (Å²) < 4.78 is 34.8. The van der Waals surface area contributed by atoms with Crippen LogP contribution in [0.15, 0.2) is 60.9 Å². The maximum absolute atomic E-state index is 15.3. The highest BCUT2D eigenvalue weighted by Crippen LogP contribution is 2.65. The van der Waals surface area contributed by atoms with Crippen molar-refractivity contribution in [3.05, 3.63) is 72.1 Å². The highest BCUT2D eigenvalue weighted by molar-refractivity contribution is 7.54. The second kappa shape index (κ2) is 14.9. The van der Waals surface area contributed by atoms with Gasteiger partial charge in [-0.2, -0.15) is 0 Å². The van der Waals surface area contributed by atoms with Crippen LogP contribution < -0.4 is 0 Å². The lowest BCUT2D eigenvalue weighted by molar-refractivity contribution is -0.141. The number of esters is 1. The smallest absolute Gasteiger partial charge is 0.376 e. The number of pyridine rings is 1. The van der Waals surface area contributed by atoms with Crippen LogP contribution in [0.3, 0.4) is 0 Å². The molecule has 1 aromatic heterocycles. The molecule has 0 N–H and O–H groups in total. The number of benzene rings is 1. The van der Waals surface area contributed by atoms with Crippen molar-refractivity contribution in [3.63, 3.8) is 0 Å². The average molecular weight is 596 g/mol. The molecule has 1 aromatic carbocycles. The maximum Gasteiger partial charge on any atom is 0.376 e.